The Morgan fingerprint density at radius 1 is 1.10 bits per heavy atom. The highest BCUT2D eigenvalue weighted by Gasteiger charge is 2.11. The molecule has 1 N–H and O–H groups in total. The van der Waals surface area contributed by atoms with Gasteiger partial charge in [-0.1, -0.05) is 33.6 Å². The molecule has 0 aliphatic heterocycles. The van der Waals surface area contributed by atoms with E-state index in [-0.39, 0.29) is 5.82 Å². The van der Waals surface area contributed by atoms with E-state index in [1.54, 1.807) is 12.1 Å². The monoisotopic (exact) mass is 350 g/mol. The van der Waals surface area contributed by atoms with Crippen molar-refractivity contribution in [3.63, 3.8) is 0 Å². The molecule has 0 aliphatic carbocycles. The summed E-state index contributed by atoms with van der Waals surface area (Å²) in [6, 6.07) is 13.7. The van der Waals surface area contributed by atoms with Crippen molar-refractivity contribution in [3.05, 3.63) is 63.8 Å². The molecule has 0 radical (unpaired) electrons. The number of H-pyrrole nitrogens is 1. The fourth-order valence-corrected chi connectivity index (χ4v) is 2.94. The lowest BCUT2D eigenvalue weighted by Gasteiger charge is -2.03. The lowest BCUT2D eigenvalue weighted by molar-refractivity contribution is 0.628. The average Bonchev–Trinajstić information content (AvgIpc) is 2.89. The molecule has 5 heteroatoms. The Morgan fingerprint density at radius 3 is 2.55 bits per heavy atom. The molecule has 0 aliphatic rings. The van der Waals surface area contributed by atoms with Crippen molar-refractivity contribution < 1.29 is 4.39 Å². The molecule has 0 atom stereocenters. The van der Waals surface area contributed by atoms with Gasteiger partial charge in [0.05, 0.1) is 16.4 Å². The maximum atomic E-state index is 12.9. The third-order valence-electron chi connectivity index (χ3n) is 2.95. The van der Waals surface area contributed by atoms with Gasteiger partial charge in [-0.15, -0.1) is 0 Å². The SMILES string of the molecule is Fc1ccc(-c2cc(-c3c(Cl)cccc3Br)[nH]n2)cc1. The van der Waals surface area contributed by atoms with Crippen molar-refractivity contribution in [2.24, 2.45) is 0 Å². The standard InChI is InChI=1S/C15H9BrClFN2/c16-11-2-1-3-12(17)15(11)14-8-13(19-20-14)9-4-6-10(18)7-5-9/h1-8H,(H,19,20). The summed E-state index contributed by atoms with van der Waals surface area (Å²) in [5, 5.41) is 7.84. The first kappa shape index (κ1) is 13.3. The fraction of sp³-hybridized carbons (Fsp3) is 0. The molecule has 0 bridgehead atoms. The molecule has 2 nitrogen and oxygen atoms in total. The van der Waals surface area contributed by atoms with Crippen LogP contribution in [-0.4, -0.2) is 10.2 Å². The molecular formula is C15H9BrClFN2. The zero-order valence-corrected chi connectivity index (χ0v) is 12.5. The molecule has 1 heterocycles. The number of halogens is 3. The molecule has 1 aromatic heterocycles. The molecule has 3 rings (SSSR count). The van der Waals surface area contributed by atoms with E-state index in [2.05, 4.69) is 26.1 Å². The molecule has 0 saturated heterocycles. The number of nitrogens with one attached hydrogen (secondary N) is 1. The van der Waals surface area contributed by atoms with Crippen LogP contribution in [0.2, 0.25) is 5.02 Å². The number of benzene rings is 2. The van der Waals surface area contributed by atoms with E-state index < -0.39 is 0 Å². The van der Waals surface area contributed by atoms with Crippen molar-refractivity contribution in [1.29, 1.82) is 0 Å². The van der Waals surface area contributed by atoms with E-state index in [4.69, 9.17) is 11.6 Å². The highest BCUT2D eigenvalue weighted by molar-refractivity contribution is 9.10. The minimum Gasteiger partial charge on any atom is -0.277 e. The van der Waals surface area contributed by atoms with Crippen LogP contribution >= 0.6 is 27.5 Å². The van der Waals surface area contributed by atoms with Crippen LogP contribution in [0, 0.1) is 5.82 Å². The van der Waals surface area contributed by atoms with E-state index in [0.717, 1.165) is 27.0 Å². The zero-order chi connectivity index (χ0) is 14.1. The van der Waals surface area contributed by atoms with E-state index in [1.165, 1.54) is 12.1 Å². The summed E-state index contributed by atoms with van der Waals surface area (Å²) in [5.74, 6) is -0.265. The normalized spacial score (nSPS) is 10.8. The van der Waals surface area contributed by atoms with E-state index in [1.807, 2.05) is 24.3 Å². The quantitative estimate of drug-likeness (QED) is 0.667. The van der Waals surface area contributed by atoms with Crippen LogP contribution in [-0.2, 0) is 0 Å². The Morgan fingerprint density at radius 2 is 1.85 bits per heavy atom. The summed E-state index contributed by atoms with van der Waals surface area (Å²) >= 11 is 9.69. The van der Waals surface area contributed by atoms with E-state index >= 15 is 0 Å². The predicted octanol–water partition coefficient (Wildman–Crippen LogP) is 5.30. The third kappa shape index (κ3) is 2.49. The first-order valence-corrected chi connectivity index (χ1v) is 7.08. The van der Waals surface area contributed by atoms with Gasteiger partial charge in [-0.2, -0.15) is 5.10 Å². The van der Waals surface area contributed by atoms with Gasteiger partial charge in [-0.05, 0) is 42.5 Å². The second kappa shape index (κ2) is 5.38. The molecule has 0 saturated carbocycles. The minimum atomic E-state index is -0.265. The Hall–Kier alpha value is -1.65. The number of aromatic amines is 1. The van der Waals surface area contributed by atoms with Gasteiger partial charge in [0, 0.05) is 15.6 Å². The van der Waals surface area contributed by atoms with E-state index in [9.17, 15) is 4.39 Å². The second-order valence-electron chi connectivity index (χ2n) is 4.27. The first-order chi connectivity index (χ1) is 9.65. The summed E-state index contributed by atoms with van der Waals surface area (Å²) in [6.07, 6.45) is 0. The predicted molar refractivity (Wildman–Crippen MR) is 82.1 cm³/mol. The van der Waals surface area contributed by atoms with Crippen LogP contribution in [0.25, 0.3) is 22.5 Å². The van der Waals surface area contributed by atoms with Gasteiger partial charge in [-0.25, -0.2) is 4.39 Å². The van der Waals surface area contributed by atoms with Gasteiger partial charge in [-0.3, -0.25) is 5.10 Å². The summed E-state index contributed by atoms with van der Waals surface area (Å²) in [5.41, 5.74) is 3.25. The number of rotatable bonds is 2. The number of aromatic nitrogens is 2. The van der Waals surface area contributed by atoms with Crippen LogP contribution in [0.5, 0.6) is 0 Å². The number of hydrogen-bond acceptors (Lipinski definition) is 1. The van der Waals surface area contributed by atoms with Gasteiger partial charge in [0.25, 0.3) is 0 Å². The third-order valence-corrected chi connectivity index (χ3v) is 3.93. The number of hydrogen-bond donors (Lipinski definition) is 1. The highest BCUT2D eigenvalue weighted by Crippen LogP contribution is 2.35. The Kier molecular flexibility index (Phi) is 3.59. The molecule has 3 aromatic rings. The summed E-state index contributed by atoms with van der Waals surface area (Å²) in [7, 11) is 0. The van der Waals surface area contributed by atoms with E-state index in [0.29, 0.717) is 5.02 Å². The van der Waals surface area contributed by atoms with Crippen molar-refractivity contribution in [2.45, 2.75) is 0 Å². The maximum Gasteiger partial charge on any atom is 0.123 e. The number of nitrogens with zero attached hydrogens (tertiary/aromatic N) is 1. The fourth-order valence-electron chi connectivity index (χ4n) is 1.97. The Labute approximate surface area is 128 Å². The smallest absolute Gasteiger partial charge is 0.123 e. The molecule has 2 aromatic carbocycles. The van der Waals surface area contributed by atoms with Gasteiger partial charge in [0.1, 0.15) is 5.82 Å². The summed E-state index contributed by atoms with van der Waals surface area (Å²) in [4.78, 5) is 0. The first-order valence-electron chi connectivity index (χ1n) is 5.91. The van der Waals surface area contributed by atoms with Crippen molar-refractivity contribution >= 4 is 27.5 Å². The molecular weight excluding hydrogens is 343 g/mol. The topological polar surface area (TPSA) is 28.7 Å². The Bertz CT molecular complexity index is 733. The van der Waals surface area contributed by atoms with Crippen LogP contribution < -0.4 is 0 Å². The summed E-state index contributed by atoms with van der Waals surface area (Å²) in [6.45, 7) is 0. The van der Waals surface area contributed by atoms with Crippen LogP contribution in [0.1, 0.15) is 0 Å². The average molecular weight is 352 g/mol. The van der Waals surface area contributed by atoms with Crippen molar-refractivity contribution in [1.82, 2.24) is 10.2 Å². The van der Waals surface area contributed by atoms with Gasteiger partial charge in [0.15, 0.2) is 0 Å². The second-order valence-corrected chi connectivity index (χ2v) is 5.53. The maximum absolute atomic E-state index is 12.9. The molecule has 0 fully saturated rings. The van der Waals surface area contributed by atoms with Gasteiger partial charge < -0.3 is 0 Å². The van der Waals surface area contributed by atoms with Crippen molar-refractivity contribution in [2.75, 3.05) is 0 Å². The van der Waals surface area contributed by atoms with Gasteiger partial charge >= 0.3 is 0 Å². The zero-order valence-electron chi connectivity index (χ0n) is 10.2. The largest absolute Gasteiger partial charge is 0.277 e. The Balaban J connectivity index is 2.04. The van der Waals surface area contributed by atoms with Crippen LogP contribution in [0.3, 0.4) is 0 Å². The van der Waals surface area contributed by atoms with Gasteiger partial charge in [0.2, 0.25) is 0 Å². The van der Waals surface area contributed by atoms with Crippen molar-refractivity contribution in [3.8, 4) is 22.5 Å². The van der Waals surface area contributed by atoms with Crippen LogP contribution in [0.4, 0.5) is 4.39 Å². The molecule has 0 unspecified atom stereocenters. The molecule has 0 amide bonds. The molecule has 20 heavy (non-hydrogen) atoms. The highest BCUT2D eigenvalue weighted by atomic mass is 79.9. The summed E-state index contributed by atoms with van der Waals surface area (Å²) < 4.78 is 13.8. The minimum absolute atomic E-state index is 0.265. The lowest BCUT2D eigenvalue weighted by Crippen LogP contribution is -1.81. The molecule has 0 spiro atoms. The van der Waals surface area contributed by atoms with Crippen LogP contribution in [0.15, 0.2) is 53.0 Å². The molecule has 100 valence electrons. The lowest BCUT2D eigenvalue weighted by atomic mass is 10.1.